The fraction of sp³-hybridized carbons (Fsp3) is 0.500. The molecule has 0 radical (unpaired) electrons. The van der Waals surface area contributed by atoms with E-state index in [0.717, 1.165) is 30.6 Å². The molecule has 1 amide bonds. The van der Waals surface area contributed by atoms with Gasteiger partial charge in [-0.05, 0) is 60.3 Å². The highest BCUT2D eigenvalue weighted by molar-refractivity contribution is 9.10. The quantitative estimate of drug-likeness (QED) is 0.899. The van der Waals surface area contributed by atoms with E-state index < -0.39 is 0 Å². The summed E-state index contributed by atoms with van der Waals surface area (Å²) < 4.78 is 13.7. The molecule has 0 spiro atoms. The molecule has 1 fully saturated rings. The number of carbonyl (C=O) groups is 1. The van der Waals surface area contributed by atoms with Crippen molar-refractivity contribution >= 4 is 27.5 Å². The molecule has 0 aromatic heterocycles. The fourth-order valence-corrected chi connectivity index (χ4v) is 2.48. The van der Waals surface area contributed by atoms with Crippen molar-refractivity contribution in [1.82, 2.24) is 4.90 Å². The van der Waals surface area contributed by atoms with Crippen molar-refractivity contribution in [2.24, 2.45) is 0 Å². The lowest BCUT2D eigenvalue weighted by Crippen LogP contribution is -2.37. The van der Waals surface area contributed by atoms with E-state index in [2.05, 4.69) is 21.2 Å². The van der Waals surface area contributed by atoms with Crippen LogP contribution in [0.4, 0.5) is 10.1 Å². The second-order valence-corrected chi connectivity index (χ2v) is 5.70. The Morgan fingerprint density at radius 3 is 2.79 bits per heavy atom. The fourth-order valence-electron chi connectivity index (χ4n) is 2.13. The molecule has 0 unspecified atom stereocenters. The molecule has 0 saturated heterocycles. The summed E-state index contributed by atoms with van der Waals surface area (Å²) >= 11 is 3.15. The Kier molecular flexibility index (Phi) is 4.45. The number of amides is 1. The Bertz CT molecular complexity index is 489. The van der Waals surface area contributed by atoms with E-state index in [9.17, 15) is 9.18 Å². The van der Waals surface area contributed by atoms with E-state index >= 15 is 0 Å². The largest absolute Gasteiger partial charge is 0.376 e. The number of benzene rings is 1. The smallest absolute Gasteiger partial charge is 0.242 e. The SMILES string of the molecule is CCN(C(=O)CNc1cc(Br)c(F)cc1C)C1CC1. The van der Waals surface area contributed by atoms with Crippen molar-refractivity contribution in [1.29, 1.82) is 0 Å². The van der Waals surface area contributed by atoms with Gasteiger partial charge in [0.05, 0.1) is 11.0 Å². The van der Waals surface area contributed by atoms with Gasteiger partial charge in [0, 0.05) is 18.3 Å². The highest BCUT2D eigenvalue weighted by Crippen LogP contribution is 2.27. The third-order valence-corrected chi connectivity index (χ3v) is 3.95. The minimum atomic E-state index is -0.289. The summed E-state index contributed by atoms with van der Waals surface area (Å²) in [6.45, 7) is 4.82. The predicted molar refractivity (Wildman–Crippen MR) is 77.7 cm³/mol. The maximum absolute atomic E-state index is 13.3. The van der Waals surface area contributed by atoms with Gasteiger partial charge in [-0.15, -0.1) is 0 Å². The zero-order chi connectivity index (χ0) is 14.0. The van der Waals surface area contributed by atoms with Gasteiger partial charge in [-0.2, -0.15) is 0 Å². The number of hydrogen-bond acceptors (Lipinski definition) is 2. The van der Waals surface area contributed by atoms with Crippen LogP contribution in [0.1, 0.15) is 25.3 Å². The Labute approximate surface area is 121 Å². The van der Waals surface area contributed by atoms with Gasteiger partial charge in [0.1, 0.15) is 5.82 Å². The summed E-state index contributed by atoms with van der Waals surface area (Å²) in [6.07, 6.45) is 2.22. The third kappa shape index (κ3) is 3.47. The lowest BCUT2D eigenvalue weighted by Gasteiger charge is -2.21. The van der Waals surface area contributed by atoms with Gasteiger partial charge < -0.3 is 10.2 Å². The summed E-state index contributed by atoms with van der Waals surface area (Å²) in [5, 5.41) is 3.09. The number of likely N-dealkylation sites (N-methyl/N-ethyl adjacent to an activating group) is 1. The molecule has 1 saturated carbocycles. The Hall–Kier alpha value is -1.10. The molecule has 1 N–H and O–H groups in total. The maximum Gasteiger partial charge on any atom is 0.242 e. The minimum Gasteiger partial charge on any atom is -0.376 e. The second-order valence-electron chi connectivity index (χ2n) is 4.85. The van der Waals surface area contributed by atoms with Gasteiger partial charge in [0.2, 0.25) is 5.91 Å². The molecular weight excluding hydrogens is 311 g/mol. The zero-order valence-electron chi connectivity index (χ0n) is 11.2. The minimum absolute atomic E-state index is 0.102. The highest BCUT2D eigenvalue weighted by atomic mass is 79.9. The summed E-state index contributed by atoms with van der Waals surface area (Å²) in [5.74, 6) is -0.188. The molecule has 5 heteroatoms. The van der Waals surface area contributed by atoms with Crippen molar-refractivity contribution in [2.45, 2.75) is 32.7 Å². The van der Waals surface area contributed by atoms with E-state index in [4.69, 9.17) is 0 Å². The molecular formula is C14H18BrFN2O. The Morgan fingerprint density at radius 2 is 2.21 bits per heavy atom. The Balaban J connectivity index is 1.98. The van der Waals surface area contributed by atoms with Gasteiger partial charge in [0.15, 0.2) is 0 Å². The molecule has 104 valence electrons. The molecule has 0 heterocycles. The van der Waals surface area contributed by atoms with Crippen LogP contribution in [-0.2, 0) is 4.79 Å². The Morgan fingerprint density at radius 1 is 1.53 bits per heavy atom. The molecule has 2 rings (SSSR count). The third-order valence-electron chi connectivity index (χ3n) is 3.35. The van der Waals surface area contributed by atoms with Gasteiger partial charge in [-0.3, -0.25) is 4.79 Å². The maximum atomic E-state index is 13.3. The zero-order valence-corrected chi connectivity index (χ0v) is 12.8. The van der Waals surface area contributed by atoms with E-state index in [-0.39, 0.29) is 18.3 Å². The lowest BCUT2D eigenvalue weighted by molar-refractivity contribution is -0.129. The van der Waals surface area contributed by atoms with Crippen molar-refractivity contribution in [3.05, 3.63) is 28.0 Å². The van der Waals surface area contributed by atoms with Gasteiger partial charge in [-0.25, -0.2) is 4.39 Å². The first kappa shape index (κ1) is 14.3. The monoisotopic (exact) mass is 328 g/mol. The van der Waals surface area contributed by atoms with E-state index in [0.29, 0.717) is 10.5 Å². The van der Waals surface area contributed by atoms with Crippen LogP contribution in [0.5, 0.6) is 0 Å². The first-order valence-electron chi connectivity index (χ1n) is 6.52. The standard InChI is InChI=1S/C14H18BrFN2O/c1-3-18(10-4-5-10)14(19)8-17-13-7-11(15)12(16)6-9(13)2/h6-7,10,17H,3-5,8H2,1-2H3. The van der Waals surface area contributed by atoms with Crippen molar-refractivity contribution in [3.8, 4) is 0 Å². The molecule has 0 aliphatic heterocycles. The van der Waals surface area contributed by atoms with E-state index in [1.54, 1.807) is 6.07 Å². The normalized spacial score (nSPS) is 14.3. The van der Waals surface area contributed by atoms with Crippen molar-refractivity contribution in [2.75, 3.05) is 18.4 Å². The van der Waals surface area contributed by atoms with Crippen LogP contribution >= 0.6 is 15.9 Å². The first-order chi connectivity index (χ1) is 9.02. The number of rotatable bonds is 5. The van der Waals surface area contributed by atoms with Crippen molar-refractivity contribution < 1.29 is 9.18 Å². The molecule has 1 aromatic carbocycles. The molecule has 19 heavy (non-hydrogen) atoms. The van der Waals surface area contributed by atoms with Crippen LogP contribution < -0.4 is 5.32 Å². The summed E-state index contributed by atoms with van der Waals surface area (Å²) in [6, 6.07) is 3.56. The lowest BCUT2D eigenvalue weighted by atomic mass is 10.2. The molecule has 0 atom stereocenters. The van der Waals surface area contributed by atoms with Gasteiger partial charge in [-0.1, -0.05) is 0 Å². The summed E-state index contributed by atoms with van der Waals surface area (Å²) in [7, 11) is 0. The summed E-state index contributed by atoms with van der Waals surface area (Å²) in [4.78, 5) is 14.0. The van der Waals surface area contributed by atoms with Crippen LogP contribution in [0.2, 0.25) is 0 Å². The number of halogens is 2. The van der Waals surface area contributed by atoms with Crippen LogP contribution in [0.15, 0.2) is 16.6 Å². The number of hydrogen-bond donors (Lipinski definition) is 1. The van der Waals surface area contributed by atoms with Crippen LogP contribution in [-0.4, -0.2) is 29.9 Å². The van der Waals surface area contributed by atoms with E-state index in [1.165, 1.54) is 6.07 Å². The van der Waals surface area contributed by atoms with Crippen LogP contribution in [0, 0.1) is 12.7 Å². The number of aryl methyl sites for hydroxylation is 1. The highest BCUT2D eigenvalue weighted by Gasteiger charge is 2.30. The average Bonchev–Trinajstić information content (AvgIpc) is 3.17. The van der Waals surface area contributed by atoms with E-state index in [1.807, 2.05) is 18.7 Å². The first-order valence-corrected chi connectivity index (χ1v) is 7.31. The average molecular weight is 329 g/mol. The number of anilines is 1. The number of nitrogens with zero attached hydrogens (tertiary/aromatic N) is 1. The van der Waals surface area contributed by atoms with Crippen molar-refractivity contribution in [3.63, 3.8) is 0 Å². The predicted octanol–water partition coefficient (Wildman–Crippen LogP) is 3.32. The molecule has 1 aliphatic carbocycles. The number of carbonyl (C=O) groups excluding carboxylic acids is 1. The second kappa shape index (κ2) is 5.90. The molecule has 0 bridgehead atoms. The molecule has 1 aliphatic rings. The van der Waals surface area contributed by atoms with Crippen LogP contribution in [0.25, 0.3) is 0 Å². The topological polar surface area (TPSA) is 32.3 Å². The van der Waals surface area contributed by atoms with Gasteiger partial charge in [0.25, 0.3) is 0 Å². The van der Waals surface area contributed by atoms with Crippen LogP contribution in [0.3, 0.4) is 0 Å². The molecule has 3 nitrogen and oxygen atoms in total. The van der Waals surface area contributed by atoms with Gasteiger partial charge >= 0.3 is 0 Å². The number of nitrogens with one attached hydrogen (secondary N) is 1. The molecule has 1 aromatic rings. The summed E-state index contributed by atoms with van der Waals surface area (Å²) in [5.41, 5.74) is 1.58.